The Balaban J connectivity index is 1.87. The van der Waals surface area contributed by atoms with E-state index in [1.165, 1.54) is 0 Å². The third kappa shape index (κ3) is 4.77. The molecule has 4 rings (SSSR count). The molecule has 0 atom stereocenters. The zero-order valence-corrected chi connectivity index (χ0v) is 19.7. The van der Waals surface area contributed by atoms with Crippen molar-refractivity contribution in [3.8, 4) is 28.8 Å². The Kier molecular flexibility index (Phi) is 6.34. The third-order valence-corrected chi connectivity index (χ3v) is 6.32. The number of sulfonamides is 1. The number of hydrogen-bond donors (Lipinski definition) is 2. The van der Waals surface area contributed by atoms with E-state index in [-0.39, 0.29) is 5.75 Å². The largest absolute Gasteiger partial charge is 0.457 e. The van der Waals surface area contributed by atoms with Crippen LogP contribution in [0.5, 0.6) is 11.5 Å². The Morgan fingerprint density at radius 3 is 2.53 bits per heavy atom. The third-order valence-electron chi connectivity index (χ3n) is 5.01. The van der Waals surface area contributed by atoms with Crippen LogP contribution in [0.15, 0.2) is 48.5 Å². The highest BCUT2D eigenvalue weighted by Crippen LogP contribution is 2.36. The minimum atomic E-state index is -3.48. The van der Waals surface area contributed by atoms with Crippen LogP contribution < -0.4 is 14.8 Å². The first kappa shape index (κ1) is 23.0. The fraction of sp³-hybridized carbons (Fsp3) is 0.217. The summed E-state index contributed by atoms with van der Waals surface area (Å²) < 4.78 is 34.6. The predicted molar refractivity (Wildman–Crippen MR) is 129 cm³/mol. The fourth-order valence-electron chi connectivity index (χ4n) is 3.29. The summed E-state index contributed by atoms with van der Waals surface area (Å²) in [5.41, 5.74) is 3.32. The molecule has 0 amide bonds. The van der Waals surface area contributed by atoms with Gasteiger partial charge in [0.15, 0.2) is 5.82 Å². The highest BCUT2D eigenvalue weighted by atomic mass is 32.2. The van der Waals surface area contributed by atoms with Gasteiger partial charge >= 0.3 is 0 Å². The van der Waals surface area contributed by atoms with Gasteiger partial charge in [-0.15, -0.1) is 10.2 Å². The molecule has 0 fully saturated rings. The van der Waals surface area contributed by atoms with Crippen LogP contribution in [0.25, 0.3) is 16.9 Å². The topological polar surface area (TPSA) is 134 Å². The molecule has 0 unspecified atom stereocenters. The SMILES string of the molecule is CCNc1cc(-c2cc(NS(=O)(=O)CC)ccc2Oc2ccc(C#N)cc2)nn2c(C)nnc12. The number of aryl methyl sites for hydroxylation is 1. The molecule has 174 valence electrons. The molecule has 34 heavy (non-hydrogen) atoms. The summed E-state index contributed by atoms with van der Waals surface area (Å²) in [5.74, 6) is 1.54. The van der Waals surface area contributed by atoms with Crippen molar-refractivity contribution in [2.45, 2.75) is 20.8 Å². The Hall–Kier alpha value is -4.17. The number of nitrogens with one attached hydrogen (secondary N) is 2. The highest BCUT2D eigenvalue weighted by Gasteiger charge is 2.17. The van der Waals surface area contributed by atoms with Crippen LogP contribution in [0, 0.1) is 18.3 Å². The molecule has 2 N–H and O–H groups in total. The van der Waals surface area contributed by atoms with Gasteiger partial charge in [0.25, 0.3) is 0 Å². The number of ether oxygens (including phenoxy) is 1. The summed E-state index contributed by atoms with van der Waals surface area (Å²) in [6.45, 7) is 6.00. The maximum atomic E-state index is 12.2. The zero-order chi connectivity index (χ0) is 24.3. The van der Waals surface area contributed by atoms with E-state index in [4.69, 9.17) is 10.00 Å². The van der Waals surface area contributed by atoms with Crippen LogP contribution in [0.3, 0.4) is 0 Å². The van der Waals surface area contributed by atoms with E-state index in [2.05, 4.69) is 31.4 Å². The van der Waals surface area contributed by atoms with Crippen LogP contribution in [-0.2, 0) is 10.0 Å². The van der Waals surface area contributed by atoms with E-state index in [1.54, 1.807) is 60.8 Å². The quantitative estimate of drug-likeness (QED) is 0.389. The molecule has 11 heteroatoms. The van der Waals surface area contributed by atoms with Gasteiger partial charge in [-0.2, -0.15) is 14.9 Å². The van der Waals surface area contributed by atoms with Crippen molar-refractivity contribution in [3.05, 3.63) is 59.9 Å². The Morgan fingerprint density at radius 1 is 1.09 bits per heavy atom. The molecule has 2 aromatic heterocycles. The monoisotopic (exact) mass is 477 g/mol. The molecule has 4 aromatic rings. The molecular formula is C23H23N7O3S. The molecule has 0 bridgehead atoms. The van der Waals surface area contributed by atoms with Crippen molar-refractivity contribution in [2.75, 3.05) is 22.3 Å². The lowest BCUT2D eigenvalue weighted by Gasteiger charge is -2.15. The molecule has 0 radical (unpaired) electrons. The fourth-order valence-corrected chi connectivity index (χ4v) is 3.92. The molecule has 2 aromatic carbocycles. The lowest BCUT2D eigenvalue weighted by molar-refractivity contribution is 0.484. The molecule has 10 nitrogen and oxygen atoms in total. The van der Waals surface area contributed by atoms with Crippen molar-refractivity contribution < 1.29 is 13.2 Å². The minimum absolute atomic E-state index is 0.0551. The summed E-state index contributed by atoms with van der Waals surface area (Å²) in [6, 6.07) is 15.6. The Bertz CT molecular complexity index is 1490. The van der Waals surface area contributed by atoms with E-state index >= 15 is 0 Å². The molecular weight excluding hydrogens is 454 g/mol. The number of anilines is 2. The van der Waals surface area contributed by atoms with E-state index in [0.717, 1.165) is 5.69 Å². The summed E-state index contributed by atoms with van der Waals surface area (Å²) in [7, 11) is -3.48. The van der Waals surface area contributed by atoms with Crippen LogP contribution >= 0.6 is 0 Å². The van der Waals surface area contributed by atoms with Gasteiger partial charge in [-0.1, -0.05) is 0 Å². The Labute approximate surface area is 197 Å². The van der Waals surface area contributed by atoms with Crippen molar-refractivity contribution >= 4 is 27.0 Å². The molecule has 0 aliphatic rings. The Morgan fingerprint density at radius 2 is 1.85 bits per heavy atom. The first-order valence-electron chi connectivity index (χ1n) is 10.6. The smallest absolute Gasteiger partial charge is 0.232 e. The second-order valence-corrected chi connectivity index (χ2v) is 9.42. The van der Waals surface area contributed by atoms with Crippen LogP contribution in [0.1, 0.15) is 25.2 Å². The average molecular weight is 478 g/mol. The van der Waals surface area contributed by atoms with Gasteiger partial charge in [0.2, 0.25) is 15.7 Å². The van der Waals surface area contributed by atoms with Gasteiger partial charge in [-0.3, -0.25) is 4.72 Å². The van der Waals surface area contributed by atoms with Crippen LogP contribution in [0.4, 0.5) is 11.4 Å². The van der Waals surface area contributed by atoms with Crippen molar-refractivity contribution in [2.24, 2.45) is 0 Å². The number of nitriles is 1. The molecule has 0 saturated heterocycles. The number of nitrogens with zero attached hydrogens (tertiary/aromatic N) is 5. The summed E-state index contributed by atoms with van der Waals surface area (Å²) in [4.78, 5) is 0. The maximum absolute atomic E-state index is 12.2. The normalized spacial score (nSPS) is 11.2. The second kappa shape index (κ2) is 9.36. The summed E-state index contributed by atoms with van der Waals surface area (Å²) >= 11 is 0. The van der Waals surface area contributed by atoms with Gasteiger partial charge in [0, 0.05) is 17.8 Å². The summed E-state index contributed by atoms with van der Waals surface area (Å²) in [5, 5.41) is 25.3. The van der Waals surface area contributed by atoms with Crippen LogP contribution in [-0.4, -0.2) is 40.5 Å². The first-order valence-corrected chi connectivity index (χ1v) is 12.3. The predicted octanol–water partition coefficient (Wildman–Crippen LogP) is 3.96. The first-order chi connectivity index (χ1) is 16.3. The number of rotatable bonds is 8. The van der Waals surface area contributed by atoms with Crippen molar-refractivity contribution in [3.63, 3.8) is 0 Å². The number of benzene rings is 2. The molecule has 0 aliphatic heterocycles. The van der Waals surface area contributed by atoms with Crippen LogP contribution in [0.2, 0.25) is 0 Å². The second-order valence-electron chi connectivity index (χ2n) is 7.41. The number of aromatic nitrogens is 4. The maximum Gasteiger partial charge on any atom is 0.232 e. The molecule has 2 heterocycles. The standard InChI is InChI=1S/C23H23N7O3S/c1-4-25-21-13-20(28-30-15(3)26-27-23(21)30)19-12-17(29-34(31,32)5-2)8-11-22(19)33-18-9-6-16(14-24)7-10-18/h6-13,25,29H,4-5H2,1-3H3. The lowest BCUT2D eigenvalue weighted by atomic mass is 10.1. The molecule has 0 aliphatic carbocycles. The van der Waals surface area contributed by atoms with Gasteiger partial charge in [0.1, 0.15) is 11.5 Å². The van der Waals surface area contributed by atoms with Crippen molar-refractivity contribution in [1.29, 1.82) is 5.26 Å². The average Bonchev–Trinajstić information content (AvgIpc) is 3.21. The molecule has 0 spiro atoms. The van der Waals surface area contributed by atoms with Gasteiger partial charge < -0.3 is 10.1 Å². The van der Waals surface area contributed by atoms with Gasteiger partial charge in [-0.05, 0) is 69.3 Å². The zero-order valence-electron chi connectivity index (χ0n) is 18.9. The van der Waals surface area contributed by atoms with E-state index in [9.17, 15) is 8.42 Å². The molecule has 0 saturated carbocycles. The van der Waals surface area contributed by atoms with Gasteiger partial charge in [-0.25, -0.2) is 8.42 Å². The van der Waals surface area contributed by atoms with E-state index < -0.39 is 10.0 Å². The van der Waals surface area contributed by atoms with Crippen molar-refractivity contribution in [1.82, 2.24) is 19.8 Å². The van der Waals surface area contributed by atoms with E-state index in [0.29, 0.717) is 52.0 Å². The summed E-state index contributed by atoms with van der Waals surface area (Å²) in [6.07, 6.45) is 0. The highest BCUT2D eigenvalue weighted by molar-refractivity contribution is 7.92. The number of hydrogen-bond acceptors (Lipinski definition) is 8. The van der Waals surface area contributed by atoms with Gasteiger partial charge in [0.05, 0.1) is 28.8 Å². The lowest BCUT2D eigenvalue weighted by Crippen LogP contribution is -2.14. The van der Waals surface area contributed by atoms with E-state index in [1.807, 2.05) is 13.0 Å². The number of fused-ring (bicyclic) bond motifs is 1. The minimum Gasteiger partial charge on any atom is -0.457 e.